The number of carbonyl (C=O) groups excluding carboxylic acids is 1. The van der Waals surface area contributed by atoms with Gasteiger partial charge in [0.1, 0.15) is 5.78 Å². The van der Waals surface area contributed by atoms with Crippen LogP contribution in [-0.2, 0) is 18.3 Å². The van der Waals surface area contributed by atoms with E-state index < -0.39 is 0 Å². The first-order valence-electron chi connectivity index (χ1n) is 4.81. The lowest BCUT2D eigenvalue weighted by Crippen LogP contribution is -1.99. The highest BCUT2D eigenvalue weighted by Crippen LogP contribution is 2.28. The van der Waals surface area contributed by atoms with Gasteiger partial charge in [0, 0.05) is 29.5 Å². The first kappa shape index (κ1) is 10.4. The van der Waals surface area contributed by atoms with Gasteiger partial charge in [-0.15, -0.1) is 0 Å². The fraction of sp³-hybridized carbons (Fsp3) is 0.250. The van der Waals surface area contributed by atoms with Gasteiger partial charge in [-0.1, -0.05) is 18.2 Å². The zero-order valence-electron chi connectivity index (χ0n) is 8.75. The van der Waals surface area contributed by atoms with Crippen LogP contribution in [0, 0.1) is 0 Å². The number of carbonyl (C=O) groups is 1. The molecule has 78 valence electrons. The molecule has 0 unspecified atom stereocenters. The highest BCUT2D eigenvalue weighted by Gasteiger charge is 2.09. The second kappa shape index (κ2) is 3.81. The Hall–Kier alpha value is -1.09. The fourth-order valence-corrected chi connectivity index (χ4v) is 2.54. The zero-order chi connectivity index (χ0) is 11.0. The minimum Gasteiger partial charge on any atom is -0.349 e. The molecule has 0 saturated heterocycles. The van der Waals surface area contributed by atoms with Crippen molar-refractivity contribution in [1.82, 2.24) is 4.57 Å². The number of aryl methyl sites for hydroxylation is 1. The van der Waals surface area contributed by atoms with Gasteiger partial charge in [-0.3, -0.25) is 4.79 Å². The van der Waals surface area contributed by atoms with Crippen molar-refractivity contribution >= 4 is 32.6 Å². The molecule has 0 aliphatic carbocycles. The number of benzene rings is 1. The fourth-order valence-electron chi connectivity index (χ4n) is 1.92. The Labute approximate surface area is 97.0 Å². The Kier molecular flexibility index (Phi) is 2.65. The summed E-state index contributed by atoms with van der Waals surface area (Å²) in [4.78, 5) is 11.2. The van der Waals surface area contributed by atoms with E-state index in [1.807, 2.05) is 25.4 Å². The van der Waals surface area contributed by atoms with E-state index in [4.69, 9.17) is 0 Å². The van der Waals surface area contributed by atoms with E-state index in [0.717, 1.165) is 20.9 Å². The Morgan fingerprint density at radius 2 is 2.20 bits per heavy atom. The summed E-state index contributed by atoms with van der Waals surface area (Å²) in [5.41, 5.74) is 2.23. The highest BCUT2D eigenvalue weighted by atomic mass is 79.9. The van der Waals surface area contributed by atoms with Crippen molar-refractivity contribution in [2.24, 2.45) is 7.05 Å². The quantitative estimate of drug-likeness (QED) is 0.818. The van der Waals surface area contributed by atoms with Crippen LogP contribution in [0.3, 0.4) is 0 Å². The number of fused-ring (bicyclic) bond motifs is 1. The molecule has 0 amide bonds. The van der Waals surface area contributed by atoms with E-state index in [2.05, 4.69) is 26.6 Å². The number of hydrogen-bond acceptors (Lipinski definition) is 1. The molecule has 3 heteroatoms. The van der Waals surface area contributed by atoms with Crippen LogP contribution in [0.25, 0.3) is 10.9 Å². The van der Waals surface area contributed by atoms with Crippen molar-refractivity contribution in [3.8, 4) is 0 Å². The summed E-state index contributed by atoms with van der Waals surface area (Å²) in [7, 11) is 2.00. The van der Waals surface area contributed by atoms with Crippen molar-refractivity contribution in [3.05, 3.63) is 34.4 Å². The largest absolute Gasteiger partial charge is 0.349 e. The van der Waals surface area contributed by atoms with Crippen LogP contribution >= 0.6 is 15.9 Å². The van der Waals surface area contributed by atoms with Gasteiger partial charge in [0.25, 0.3) is 0 Å². The second-order valence-electron chi connectivity index (χ2n) is 3.78. The molecule has 0 spiro atoms. The molecule has 0 saturated carbocycles. The Bertz CT molecular complexity index is 528. The molecule has 1 aromatic heterocycles. The Morgan fingerprint density at radius 1 is 1.47 bits per heavy atom. The first-order valence-corrected chi connectivity index (χ1v) is 5.60. The number of nitrogens with zero attached hydrogens (tertiary/aromatic N) is 1. The second-order valence-corrected chi connectivity index (χ2v) is 4.63. The number of ketones is 1. The highest BCUT2D eigenvalue weighted by molar-refractivity contribution is 9.10. The average Bonchev–Trinajstić information content (AvgIpc) is 2.43. The Morgan fingerprint density at radius 3 is 2.87 bits per heavy atom. The van der Waals surface area contributed by atoms with Crippen LogP contribution in [0.4, 0.5) is 0 Å². The third-order valence-corrected chi connectivity index (χ3v) is 3.11. The molecule has 1 aromatic carbocycles. The summed E-state index contributed by atoms with van der Waals surface area (Å²) in [6, 6.07) is 6.06. The van der Waals surface area contributed by atoms with Crippen molar-refractivity contribution < 1.29 is 4.79 Å². The molecule has 2 aromatic rings. The van der Waals surface area contributed by atoms with Gasteiger partial charge in [0.2, 0.25) is 0 Å². The predicted molar refractivity (Wildman–Crippen MR) is 65.0 cm³/mol. The standard InChI is InChI=1S/C12H12BrNO/c1-8(15)6-9-4-3-5-10-11(13)7-14(2)12(9)10/h3-5,7H,6H2,1-2H3. The van der Waals surface area contributed by atoms with Crippen LogP contribution < -0.4 is 0 Å². The molecule has 15 heavy (non-hydrogen) atoms. The summed E-state index contributed by atoms with van der Waals surface area (Å²) in [6.07, 6.45) is 2.52. The van der Waals surface area contributed by atoms with Crippen molar-refractivity contribution in [3.63, 3.8) is 0 Å². The third kappa shape index (κ3) is 1.84. The lowest BCUT2D eigenvalue weighted by molar-refractivity contribution is -0.116. The van der Waals surface area contributed by atoms with Crippen molar-refractivity contribution in [1.29, 1.82) is 0 Å². The van der Waals surface area contributed by atoms with E-state index in [-0.39, 0.29) is 5.78 Å². The molecule has 0 aliphatic heterocycles. The summed E-state index contributed by atoms with van der Waals surface area (Å²) >= 11 is 3.51. The van der Waals surface area contributed by atoms with Gasteiger partial charge in [0.05, 0.1) is 5.52 Å². The van der Waals surface area contributed by atoms with E-state index in [0.29, 0.717) is 6.42 Å². The first-order chi connectivity index (χ1) is 7.09. The topological polar surface area (TPSA) is 22.0 Å². The number of Topliss-reactive ketones (excluding diaryl/α,β-unsaturated/α-hetero) is 1. The summed E-state index contributed by atoms with van der Waals surface area (Å²) < 4.78 is 3.13. The smallest absolute Gasteiger partial charge is 0.134 e. The van der Waals surface area contributed by atoms with Gasteiger partial charge < -0.3 is 4.57 Å². The number of halogens is 1. The molecule has 2 rings (SSSR count). The normalized spacial score (nSPS) is 10.9. The molecule has 0 aliphatic rings. The lowest BCUT2D eigenvalue weighted by Gasteiger charge is -2.03. The third-order valence-electron chi connectivity index (χ3n) is 2.48. The van der Waals surface area contributed by atoms with Crippen LogP contribution in [0.15, 0.2) is 28.9 Å². The number of para-hydroxylation sites is 1. The zero-order valence-corrected chi connectivity index (χ0v) is 10.3. The molecular formula is C12H12BrNO. The average molecular weight is 266 g/mol. The molecular weight excluding hydrogens is 254 g/mol. The molecule has 1 heterocycles. The van der Waals surface area contributed by atoms with Crippen molar-refractivity contribution in [2.45, 2.75) is 13.3 Å². The van der Waals surface area contributed by atoms with Gasteiger partial charge in [0.15, 0.2) is 0 Å². The molecule has 2 nitrogen and oxygen atoms in total. The lowest BCUT2D eigenvalue weighted by atomic mass is 10.1. The summed E-state index contributed by atoms with van der Waals surface area (Å²) in [5.74, 6) is 0.194. The molecule has 0 N–H and O–H groups in total. The number of rotatable bonds is 2. The molecule has 0 fully saturated rings. The van der Waals surface area contributed by atoms with Crippen LogP contribution in [-0.4, -0.2) is 10.4 Å². The maximum Gasteiger partial charge on any atom is 0.134 e. The Balaban J connectivity index is 2.69. The van der Waals surface area contributed by atoms with Crippen LogP contribution in [0.5, 0.6) is 0 Å². The monoisotopic (exact) mass is 265 g/mol. The van der Waals surface area contributed by atoms with E-state index >= 15 is 0 Å². The molecule has 0 bridgehead atoms. The minimum atomic E-state index is 0.194. The van der Waals surface area contributed by atoms with Crippen LogP contribution in [0.1, 0.15) is 12.5 Å². The number of hydrogen-bond donors (Lipinski definition) is 0. The van der Waals surface area contributed by atoms with Gasteiger partial charge in [-0.2, -0.15) is 0 Å². The number of aromatic nitrogens is 1. The maximum atomic E-state index is 11.2. The van der Waals surface area contributed by atoms with Crippen molar-refractivity contribution in [2.75, 3.05) is 0 Å². The SMILES string of the molecule is CC(=O)Cc1cccc2c(Br)cn(C)c12. The maximum absolute atomic E-state index is 11.2. The predicted octanol–water partition coefficient (Wildman–Crippen LogP) is 3.07. The van der Waals surface area contributed by atoms with Crippen LogP contribution in [0.2, 0.25) is 0 Å². The van der Waals surface area contributed by atoms with Gasteiger partial charge in [-0.05, 0) is 28.4 Å². The van der Waals surface area contributed by atoms with Gasteiger partial charge >= 0.3 is 0 Å². The molecule has 0 radical (unpaired) electrons. The summed E-state index contributed by atoms with van der Waals surface area (Å²) in [5, 5.41) is 1.16. The van der Waals surface area contributed by atoms with E-state index in [1.165, 1.54) is 0 Å². The van der Waals surface area contributed by atoms with Gasteiger partial charge in [-0.25, -0.2) is 0 Å². The van der Waals surface area contributed by atoms with E-state index in [9.17, 15) is 4.79 Å². The van der Waals surface area contributed by atoms with E-state index in [1.54, 1.807) is 6.92 Å². The molecule has 0 atom stereocenters. The minimum absolute atomic E-state index is 0.194. The summed E-state index contributed by atoms with van der Waals surface area (Å²) in [6.45, 7) is 1.62.